The standard InChI is InChI=1S/C13H8Cl2N2O4S/c14-7-2-3-8(15)12(11(7)16)22-10-4-1-6(13(18)19)5-9(10)17(20)21/h1-5H,16H2,(H,18,19). The summed E-state index contributed by atoms with van der Waals surface area (Å²) in [5.74, 6) is -1.25. The Hall–Kier alpha value is -1.96. The number of nitrogen functional groups attached to an aromatic ring is 1. The van der Waals surface area contributed by atoms with Crippen molar-refractivity contribution in [2.24, 2.45) is 0 Å². The zero-order valence-corrected chi connectivity index (χ0v) is 13.1. The molecule has 2 aromatic carbocycles. The molecule has 0 spiro atoms. The number of hydrogen-bond acceptors (Lipinski definition) is 5. The van der Waals surface area contributed by atoms with Gasteiger partial charge in [-0.2, -0.15) is 0 Å². The molecule has 0 aliphatic heterocycles. The number of benzene rings is 2. The van der Waals surface area contributed by atoms with Crippen LogP contribution in [0.5, 0.6) is 0 Å². The predicted molar refractivity (Wildman–Crippen MR) is 85.1 cm³/mol. The highest BCUT2D eigenvalue weighted by molar-refractivity contribution is 7.99. The van der Waals surface area contributed by atoms with Crippen LogP contribution >= 0.6 is 35.0 Å². The number of nitrogens with two attached hydrogens (primary N) is 1. The highest BCUT2D eigenvalue weighted by atomic mass is 35.5. The van der Waals surface area contributed by atoms with E-state index >= 15 is 0 Å². The second-order valence-electron chi connectivity index (χ2n) is 4.12. The number of carbonyl (C=O) groups is 1. The molecule has 0 saturated carbocycles. The second-order valence-corrected chi connectivity index (χ2v) is 5.99. The number of hydrogen-bond donors (Lipinski definition) is 2. The van der Waals surface area contributed by atoms with E-state index in [9.17, 15) is 14.9 Å². The van der Waals surface area contributed by atoms with Gasteiger partial charge in [-0.15, -0.1) is 0 Å². The molecule has 9 heteroatoms. The number of carboxylic acids is 1. The van der Waals surface area contributed by atoms with E-state index < -0.39 is 10.9 Å². The molecule has 0 heterocycles. The van der Waals surface area contributed by atoms with E-state index in [-0.39, 0.29) is 26.9 Å². The Labute approximate surface area is 139 Å². The van der Waals surface area contributed by atoms with E-state index in [4.69, 9.17) is 34.0 Å². The van der Waals surface area contributed by atoms with Crippen molar-refractivity contribution in [2.45, 2.75) is 9.79 Å². The number of rotatable bonds is 4. The summed E-state index contributed by atoms with van der Waals surface area (Å²) in [4.78, 5) is 22.0. The summed E-state index contributed by atoms with van der Waals surface area (Å²) in [6, 6.07) is 6.64. The van der Waals surface area contributed by atoms with E-state index in [1.807, 2.05) is 0 Å². The third-order valence-electron chi connectivity index (χ3n) is 2.71. The fourth-order valence-corrected chi connectivity index (χ4v) is 3.12. The Bertz CT molecular complexity index is 783. The molecule has 22 heavy (non-hydrogen) atoms. The van der Waals surface area contributed by atoms with Crippen LogP contribution in [0.3, 0.4) is 0 Å². The van der Waals surface area contributed by atoms with Crippen LogP contribution in [0.4, 0.5) is 11.4 Å². The lowest BCUT2D eigenvalue weighted by Gasteiger charge is -2.10. The fraction of sp³-hybridized carbons (Fsp3) is 0. The molecule has 2 aromatic rings. The maximum absolute atomic E-state index is 11.1. The number of nitrogens with zero attached hydrogens (tertiary/aromatic N) is 1. The van der Waals surface area contributed by atoms with Gasteiger partial charge >= 0.3 is 5.97 Å². The van der Waals surface area contributed by atoms with E-state index in [2.05, 4.69) is 0 Å². The van der Waals surface area contributed by atoms with Gasteiger partial charge < -0.3 is 10.8 Å². The first-order valence-electron chi connectivity index (χ1n) is 5.74. The Morgan fingerprint density at radius 3 is 2.45 bits per heavy atom. The average molecular weight is 359 g/mol. The van der Waals surface area contributed by atoms with E-state index in [0.29, 0.717) is 9.92 Å². The van der Waals surface area contributed by atoms with E-state index in [0.717, 1.165) is 17.8 Å². The molecule has 0 unspecified atom stereocenters. The van der Waals surface area contributed by atoms with Gasteiger partial charge in [0.25, 0.3) is 5.69 Å². The molecule has 0 fully saturated rings. The number of anilines is 1. The van der Waals surface area contributed by atoms with Gasteiger partial charge in [-0.1, -0.05) is 35.0 Å². The molecule has 0 bridgehead atoms. The van der Waals surface area contributed by atoms with Crippen molar-refractivity contribution in [1.29, 1.82) is 0 Å². The van der Waals surface area contributed by atoms with Gasteiger partial charge in [-0.05, 0) is 24.3 Å². The predicted octanol–water partition coefficient (Wildman–Crippen LogP) is 4.33. The van der Waals surface area contributed by atoms with Gasteiger partial charge in [0, 0.05) is 6.07 Å². The van der Waals surface area contributed by atoms with Crippen molar-refractivity contribution in [2.75, 3.05) is 5.73 Å². The zero-order valence-electron chi connectivity index (χ0n) is 10.7. The highest BCUT2D eigenvalue weighted by Gasteiger charge is 2.20. The lowest BCUT2D eigenvalue weighted by atomic mass is 10.2. The SMILES string of the molecule is Nc1c(Cl)ccc(Cl)c1Sc1ccc(C(=O)O)cc1[N+](=O)[O-]. The monoisotopic (exact) mass is 358 g/mol. The highest BCUT2D eigenvalue weighted by Crippen LogP contribution is 2.43. The third-order valence-corrected chi connectivity index (χ3v) is 4.68. The number of halogens is 2. The molecule has 0 radical (unpaired) electrons. The van der Waals surface area contributed by atoms with Crippen LogP contribution < -0.4 is 5.73 Å². The minimum absolute atomic E-state index is 0.179. The number of carboxylic acid groups (broad SMARTS) is 1. The molecule has 2 rings (SSSR count). The lowest BCUT2D eigenvalue weighted by Crippen LogP contribution is -1.99. The summed E-state index contributed by atoms with van der Waals surface area (Å²) < 4.78 is 0. The van der Waals surface area contributed by atoms with Crippen molar-refractivity contribution < 1.29 is 14.8 Å². The molecule has 114 valence electrons. The lowest BCUT2D eigenvalue weighted by molar-refractivity contribution is -0.387. The molecule has 0 aliphatic carbocycles. The zero-order chi connectivity index (χ0) is 16.4. The summed E-state index contributed by atoms with van der Waals surface area (Å²) in [6.45, 7) is 0. The summed E-state index contributed by atoms with van der Waals surface area (Å²) in [6.07, 6.45) is 0. The van der Waals surface area contributed by atoms with Gasteiger partial charge in [0.05, 0.1) is 36.0 Å². The van der Waals surface area contributed by atoms with Crippen LogP contribution in [-0.4, -0.2) is 16.0 Å². The largest absolute Gasteiger partial charge is 0.478 e. The van der Waals surface area contributed by atoms with Crippen LogP contribution in [0.25, 0.3) is 0 Å². The van der Waals surface area contributed by atoms with Crippen molar-refractivity contribution >= 4 is 52.3 Å². The Balaban J connectivity index is 2.53. The first-order chi connectivity index (χ1) is 10.3. The van der Waals surface area contributed by atoms with Crippen molar-refractivity contribution in [3.63, 3.8) is 0 Å². The van der Waals surface area contributed by atoms with Crippen LogP contribution in [0.1, 0.15) is 10.4 Å². The van der Waals surface area contributed by atoms with E-state index in [1.165, 1.54) is 24.3 Å². The van der Waals surface area contributed by atoms with E-state index in [1.54, 1.807) is 0 Å². The fourth-order valence-electron chi connectivity index (χ4n) is 1.64. The quantitative estimate of drug-likeness (QED) is 0.478. The van der Waals surface area contributed by atoms with Gasteiger partial charge in [0.2, 0.25) is 0 Å². The van der Waals surface area contributed by atoms with Gasteiger partial charge in [0.1, 0.15) is 0 Å². The molecule has 0 atom stereocenters. The molecule has 0 aromatic heterocycles. The summed E-state index contributed by atoms with van der Waals surface area (Å²) in [7, 11) is 0. The third kappa shape index (κ3) is 3.27. The van der Waals surface area contributed by atoms with Crippen molar-refractivity contribution in [3.8, 4) is 0 Å². The Morgan fingerprint density at radius 1 is 1.23 bits per heavy atom. The Kier molecular flexibility index (Phi) is 4.80. The van der Waals surface area contributed by atoms with Crippen LogP contribution in [0.2, 0.25) is 10.0 Å². The van der Waals surface area contributed by atoms with Gasteiger partial charge in [-0.3, -0.25) is 10.1 Å². The normalized spacial score (nSPS) is 10.5. The number of nitro benzene ring substituents is 1. The average Bonchev–Trinajstić information content (AvgIpc) is 2.47. The molecule has 0 saturated heterocycles. The topological polar surface area (TPSA) is 106 Å². The van der Waals surface area contributed by atoms with Gasteiger partial charge in [-0.25, -0.2) is 4.79 Å². The molecule has 0 amide bonds. The van der Waals surface area contributed by atoms with Crippen molar-refractivity contribution in [1.82, 2.24) is 0 Å². The van der Waals surface area contributed by atoms with Crippen LogP contribution in [-0.2, 0) is 0 Å². The molecular weight excluding hydrogens is 351 g/mol. The van der Waals surface area contributed by atoms with Gasteiger partial charge in [0.15, 0.2) is 0 Å². The Morgan fingerprint density at radius 2 is 1.86 bits per heavy atom. The smallest absolute Gasteiger partial charge is 0.335 e. The summed E-state index contributed by atoms with van der Waals surface area (Å²) in [5.41, 5.74) is 5.51. The minimum Gasteiger partial charge on any atom is -0.478 e. The number of aromatic carboxylic acids is 1. The van der Waals surface area contributed by atoms with Crippen molar-refractivity contribution in [3.05, 3.63) is 56.1 Å². The second kappa shape index (κ2) is 6.43. The number of nitro groups is 1. The minimum atomic E-state index is -1.25. The molecule has 0 aliphatic rings. The first-order valence-corrected chi connectivity index (χ1v) is 7.31. The molecule has 6 nitrogen and oxygen atoms in total. The molecule has 3 N–H and O–H groups in total. The summed E-state index contributed by atoms with van der Waals surface area (Å²) in [5, 5.41) is 20.6. The first kappa shape index (κ1) is 16.4. The maximum Gasteiger partial charge on any atom is 0.335 e. The maximum atomic E-state index is 11.1. The summed E-state index contributed by atoms with van der Waals surface area (Å²) >= 11 is 12.9. The molecular formula is C13H8Cl2N2O4S. The van der Waals surface area contributed by atoms with Crippen LogP contribution in [0, 0.1) is 10.1 Å². The van der Waals surface area contributed by atoms with Crippen LogP contribution in [0.15, 0.2) is 40.1 Å².